The average molecular weight is 481 g/mol. The molecule has 34 heavy (non-hydrogen) atoms. The molecule has 0 spiro atoms. The van der Waals surface area contributed by atoms with Gasteiger partial charge in [-0.2, -0.15) is 0 Å². The summed E-state index contributed by atoms with van der Waals surface area (Å²) in [7, 11) is 0.158. The Labute approximate surface area is 199 Å². The second kappa shape index (κ2) is 9.49. The van der Waals surface area contributed by atoms with Crippen molar-refractivity contribution in [3.05, 3.63) is 59.8 Å². The fourth-order valence-electron chi connectivity index (χ4n) is 3.93. The van der Waals surface area contributed by atoms with E-state index in [2.05, 4.69) is 25.3 Å². The van der Waals surface area contributed by atoms with Crippen LogP contribution in [0.2, 0.25) is 0 Å². The minimum absolute atomic E-state index is 0.111. The zero-order valence-corrected chi connectivity index (χ0v) is 20.4. The van der Waals surface area contributed by atoms with E-state index in [1.165, 1.54) is 12.1 Å². The van der Waals surface area contributed by atoms with E-state index in [9.17, 15) is 13.2 Å². The number of benzene rings is 2. The third-order valence-corrected chi connectivity index (χ3v) is 6.94. The molecule has 0 bridgehead atoms. The summed E-state index contributed by atoms with van der Waals surface area (Å²) in [4.78, 5) is 23.4. The van der Waals surface area contributed by atoms with Crippen LogP contribution in [0.5, 0.6) is 0 Å². The van der Waals surface area contributed by atoms with Gasteiger partial charge >= 0.3 is 0 Å². The number of hydrogen-bond donors (Lipinski definition) is 3. The molecule has 10 heteroatoms. The molecule has 3 N–H and O–H groups in total. The van der Waals surface area contributed by atoms with Gasteiger partial charge in [-0.3, -0.25) is 4.79 Å². The van der Waals surface area contributed by atoms with Crippen LogP contribution in [0.25, 0.3) is 11.3 Å². The number of sulfonamides is 1. The van der Waals surface area contributed by atoms with Gasteiger partial charge in [-0.05, 0) is 63.8 Å². The summed E-state index contributed by atoms with van der Waals surface area (Å²) in [5.41, 5.74) is 4.66. The first-order valence-electron chi connectivity index (χ1n) is 10.9. The van der Waals surface area contributed by atoms with Crippen LogP contribution in [0, 0.1) is 6.92 Å². The zero-order chi connectivity index (χ0) is 24.5. The number of fused-ring (bicyclic) bond motifs is 3. The Kier molecular flexibility index (Phi) is 6.65. The van der Waals surface area contributed by atoms with Crippen LogP contribution >= 0.6 is 0 Å². The van der Waals surface area contributed by atoms with Gasteiger partial charge in [0.15, 0.2) is 0 Å². The van der Waals surface area contributed by atoms with Crippen LogP contribution in [-0.4, -0.2) is 55.9 Å². The summed E-state index contributed by atoms with van der Waals surface area (Å²) < 4.78 is 28.0. The van der Waals surface area contributed by atoms with Gasteiger partial charge < -0.3 is 15.5 Å². The van der Waals surface area contributed by atoms with Gasteiger partial charge in [0.05, 0.1) is 22.7 Å². The zero-order valence-electron chi connectivity index (χ0n) is 19.6. The van der Waals surface area contributed by atoms with Crippen LogP contribution in [-0.2, 0) is 21.2 Å². The van der Waals surface area contributed by atoms with Gasteiger partial charge in [0.25, 0.3) is 0 Å². The number of aromatic nitrogens is 2. The van der Waals surface area contributed by atoms with Crippen molar-refractivity contribution in [3.63, 3.8) is 0 Å². The van der Waals surface area contributed by atoms with Gasteiger partial charge in [-0.1, -0.05) is 12.1 Å². The van der Waals surface area contributed by atoms with E-state index in [0.717, 1.165) is 22.4 Å². The van der Waals surface area contributed by atoms with Gasteiger partial charge in [-0.15, -0.1) is 0 Å². The van der Waals surface area contributed by atoms with Crippen molar-refractivity contribution in [1.29, 1.82) is 0 Å². The summed E-state index contributed by atoms with van der Waals surface area (Å²) in [5, 5.41) is 6.05. The van der Waals surface area contributed by atoms with Gasteiger partial charge in [-0.25, -0.2) is 23.1 Å². The Morgan fingerprint density at radius 3 is 2.59 bits per heavy atom. The fraction of sp³-hybridized carbons (Fsp3) is 0.292. The molecule has 0 saturated carbocycles. The smallest absolute Gasteiger partial charge is 0.240 e. The van der Waals surface area contributed by atoms with Crippen molar-refractivity contribution in [2.75, 3.05) is 31.3 Å². The summed E-state index contributed by atoms with van der Waals surface area (Å²) in [6, 6.07) is 12.0. The maximum absolute atomic E-state index is 12.6. The Morgan fingerprint density at radius 1 is 1.15 bits per heavy atom. The molecular weight excluding hydrogens is 452 g/mol. The molecule has 3 aromatic rings. The van der Waals surface area contributed by atoms with E-state index in [1.54, 1.807) is 18.3 Å². The summed E-state index contributed by atoms with van der Waals surface area (Å²) in [6.07, 6.45) is 1.84. The quantitative estimate of drug-likeness (QED) is 0.476. The lowest BCUT2D eigenvalue weighted by Gasteiger charge is -2.18. The molecule has 1 unspecified atom stereocenters. The van der Waals surface area contributed by atoms with Gasteiger partial charge in [0, 0.05) is 35.6 Å². The minimum Gasteiger partial charge on any atom is -0.325 e. The standard InChI is InChI=1S/C24H28N6O3S/c1-15-5-10-20-21(11-15)27-22(31)12-17-13-25-24(28-23(17)20)26-18-6-8-19(9-7-18)34(32,33)29-16(2)14-30(3)4/h5-11,13,16,29H,12,14H2,1-4H3,(H,27,31)(H,25,26,28). The number of amides is 1. The molecule has 1 atom stereocenters. The van der Waals surface area contributed by atoms with Crippen molar-refractivity contribution >= 4 is 33.3 Å². The normalized spacial score (nSPS) is 14.1. The predicted octanol–water partition coefficient (Wildman–Crippen LogP) is 2.92. The number of hydrogen-bond acceptors (Lipinski definition) is 7. The maximum Gasteiger partial charge on any atom is 0.240 e. The van der Waals surface area contributed by atoms with Crippen molar-refractivity contribution in [2.24, 2.45) is 0 Å². The Bertz CT molecular complexity index is 1320. The number of rotatable bonds is 7. The SMILES string of the molecule is Cc1ccc2c(c1)NC(=O)Cc1cnc(Nc3ccc(S(=O)(=O)NC(C)CN(C)C)cc3)nc1-2. The number of carbonyl (C=O) groups is 1. The van der Waals surface area contributed by atoms with Crippen molar-refractivity contribution in [2.45, 2.75) is 31.2 Å². The lowest BCUT2D eigenvalue weighted by molar-refractivity contribution is -0.115. The van der Waals surface area contributed by atoms with E-state index in [-0.39, 0.29) is 23.3 Å². The van der Waals surface area contributed by atoms with E-state index < -0.39 is 10.0 Å². The number of likely N-dealkylation sites (N-methyl/N-ethyl adjacent to an activating group) is 1. The second-order valence-corrected chi connectivity index (χ2v) is 10.5. The molecule has 4 rings (SSSR count). The van der Waals surface area contributed by atoms with E-state index in [4.69, 9.17) is 0 Å². The molecule has 2 aromatic carbocycles. The topological polar surface area (TPSA) is 116 Å². The number of aryl methyl sites for hydroxylation is 1. The summed E-state index contributed by atoms with van der Waals surface area (Å²) in [6.45, 7) is 4.39. The van der Waals surface area contributed by atoms with Crippen LogP contribution < -0.4 is 15.4 Å². The van der Waals surface area contributed by atoms with Gasteiger partial charge in [0.2, 0.25) is 21.9 Å². The lowest BCUT2D eigenvalue weighted by Crippen LogP contribution is -2.39. The average Bonchev–Trinajstić information content (AvgIpc) is 2.87. The van der Waals surface area contributed by atoms with Crippen LogP contribution in [0.4, 0.5) is 17.3 Å². The maximum atomic E-state index is 12.6. The molecular formula is C24H28N6O3S. The van der Waals surface area contributed by atoms with Crippen LogP contribution in [0.15, 0.2) is 53.6 Å². The Hall–Kier alpha value is -3.34. The summed E-state index contributed by atoms with van der Waals surface area (Å²) >= 11 is 0. The molecule has 9 nitrogen and oxygen atoms in total. The molecule has 2 heterocycles. The first kappa shape index (κ1) is 23.8. The highest BCUT2D eigenvalue weighted by molar-refractivity contribution is 7.89. The number of nitrogens with one attached hydrogen (secondary N) is 3. The van der Waals surface area contributed by atoms with E-state index >= 15 is 0 Å². The third-order valence-electron chi connectivity index (χ3n) is 5.34. The van der Waals surface area contributed by atoms with Crippen molar-refractivity contribution in [1.82, 2.24) is 19.6 Å². The Balaban J connectivity index is 1.56. The minimum atomic E-state index is -3.63. The highest BCUT2D eigenvalue weighted by Gasteiger charge is 2.21. The van der Waals surface area contributed by atoms with Crippen LogP contribution in [0.1, 0.15) is 18.1 Å². The molecule has 0 saturated heterocycles. The van der Waals surface area contributed by atoms with E-state index in [1.807, 2.05) is 51.0 Å². The molecule has 1 aromatic heterocycles. The highest BCUT2D eigenvalue weighted by atomic mass is 32.2. The molecule has 0 fully saturated rings. The Morgan fingerprint density at radius 2 is 1.88 bits per heavy atom. The third kappa shape index (κ3) is 5.41. The number of anilines is 3. The molecule has 178 valence electrons. The lowest BCUT2D eigenvalue weighted by atomic mass is 10.0. The van der Waals surface area contributed by atoms with Crippen LogP contribution in [0.3, 0.4) is 0 Å². The van der Waals surface area contributed by atoms with Crippen molar-refractivity contribution < 1.29 is 13.2 Å². The first-order valence-corrected chi connectivity index (χ1v) is 12.4. The monoisotopic (exact) mass is 480 g/mol. The molecule has 0 aliphatic carbocycles. The highest BCUT2D eigenvalue weighted by Crippen LogP contribution is 2.33. The first-order chi connectivity index (χ1) is 16.1. The van der Waals surface area contributed by atoms with Crippen molar-refractivity contribution in [3.8, 4) is 11.3 Å². The fourth-order valence-corrected chi connectivity index (χ4v) is 5.16. The molecule has 1 amide bonds. The van der Waals surface area contributed by atoms with E-state index in [0.29, 0.717) is 23.9 Å². The number of carbonyl (C=O) groups excluding carboxylic acids is 1. The predicted molar refractivity (Wildman–Crippen MR) is 133 cm³/mol. The van der Waals surface area contributed by atoms with Gasteiger partial charge in [0.1, 0.15) is 0 Å². The largest absolute Gasteiger partial charge is 0.325 e. The second-order valence-electron chi connectivity index (χ2n) is 8.78. The number of nitrogens with zero attached hydrogens (tertiary/aromatic N) is 3. The molecule has 1 aliphatic rings. The summed E-state index contributed by atoms with van der Waals surface area (Å²) in [5.74, 6) is 0.244. The molecule has 0 radical (unpaired) electrons. The molecule has 1 aliphatic heterocycles.